The van der Waals surface area contributed by atoms with Crippen LogP contribution in [0, 0.1) is 25.2 Å². The van der Waals surface area contributed by atoms with Gasteiger partial charge in [0, 0.05) is 6.54 Å². The zero-order valence-corrected chi connectivity index (χ0v) is 12.4. The Morgan fingerprint density at radius 1 is 1.35 bits per heavy atom. The van der Waals surface area contributed by atoms with Crippen LogP contribution in [0.2, 0.25) is 0 Å². The van der Waals surface area contributed by atoms with Crippen LogP contribution >= 0.6 is 0 Å². The van der Waals surface area contributed by atoms with E-state index in [9.17, 15) is 4.79 Å². The average Bonchev–Trinajstić information content (AvgIpc) is 3.10. The van der Waals surface area contributed by atoms with E-state index in [1.54, 1.807) is 0 Å². The SMILES string of the molecule is Cc1ccc(CN2CCC3(CC2)CC3C(=O)O)c(C)c1. The van der Waals surface area contributed by atoms with Gasteiger partial charge in [0.05, 0.1) is 5.92 Å². The van der Waals surface area contributed by atoms with Crippen LogP contribution in [0.4, 0.5) is 0 Å². The Kier molecular flexibility index (Phi) is 3.33. The lowest BCUT2D eigenvalue weighted by molar-refractivity contribution is -0.139. The molecular formula is C17H23NO2. The summed E-state index contributed by atoms with van der Waals surface area (Å²) in [5.41, 5.74) is 4.22. The van der Waals surface area contributed by atoms with E-state index in [1.807, 2.05) is 0 Å². The van der Waals surface area contributed by atoms with E-state index in [4.69, 9.17) is 5.11 Å². The number of aliphatic carboxylic acids is 1. The van der Waals surface area contributed by atoms with Gasteiger partial charge in [-0.15, -0.1) is 0 Å². The van der Waals surface area contributed by atoms with Gasteiger partial charge in [0.2, 0.25) is 0 Å². The topological polar surface area (TPSA) is 40.5 Å². The van der Waals surface area contributed by atoms with Crippen molar-refractivity contribution in [2.24, 2.45) is 11.3 Å². The third-order valence-corrected chi connectivity index (χ3v) is 5.23. The van der Waals surface area contributed by atoms with Crippen LogP contribution in [0.25, 0.3) is 0 Å². The van der Waals surface area contributed by atoms with Crippen LogP contribution in [-0.2, 0) is 11.3 Å². The molecule has 1 spiro atoms. The Morgan fingerprint density at radius 3 is 2.60 bits per heavy atom. The van der Waals surface area contributed by atoms with Crippen LogP contribution in [0.1, 0.15) is 36.0 Å². The third kappa shape index (κ3) is 2.47. The predicted octanol–water partition coefficient (Wildman–Crippen LogP) is 2.99. The van der Waals surface area contributed by atoms with Crippen molar-refractivity contribution in [2.75, 3.05) is 13.1 Å². The minimum Gasteiger partial charge on any atom is -0.481 e. The van der Waals surface area contributed by atoms with Gasteiger partial charge in [0.1, 0.15) is 0 Å². The molecular weight excluding hydrogens is 250 g/mol. The van der Waals surface area contributed by atoms with E-state index in [0.717, 1.165) is 38.9 Å². The molecule has 1 unspecified atom stereocenters. The molecule has 0 aromatic heterocycles. The lowest BCUT2D eigenvalue weighted by Gasteiger charge is -2.33. The van der Waals surface area contributed by atoms with Gasteiger partial charge < -0.3 is 5.11 Å². The van der Waals surface area contributed by atoms with Gasteiger partial charge >= 0.3 is 5.97 Å². The molecule has 1 atom stereocenters. The summed E-state index contributed by atoms with van der Waals surface area (Å²) >= 11 is 0. The van der Waals surface area contributed by atoms with Crippen molar-refractivity contribution >= 4 is 5.97 Å². The maximum absolute atomic E-state index is 11.1. The number of hydrogen-bond acceptors (Lipinski definition) is 2. The summed E-state index contributed by atoms with van der Waals surface area (Å²) < 4.78 is 0. The van der Waals surface area contributed by atoms with Gasteiger partial charge in [0.15, 0.2) is 0 Å². The molecule has 3 rings (SSSR count). The number of likely N-dealkylation sites (tertiary alicyclic amines) is 1. The summed E-state index contributed by atoms with van der Waals surface area (Å²) in [4.78, 5) is 13.5. The lowest BCUT2D eigenvalue weighted by Crippen LogP contribution is -2.35. The van der Waals surface area contributed by atoms with E-state index in [2.05, 4.69) is 36.9 Å². The quantitative estimate of drug-likeness (QED) is 0.920. The standard InChI is InChI=1S/C17H23NO2/c1-12-3-4-14(13(2)9-12)11-18-7-5-17(6-8-18)10-15(17)16(19)20/h3-4,9,15H,5-8,10-11H2,1-2H3,(H,19,20). The number of rotatable bonds is 3. The summed E-state index contributed by atoms with van der Waals surface area (Å²) in [6.07, 6.45) is 3.00. The molecule has 0 radical (unpaired) electrons. The van der Waals surface area contributed by atoms with Crippen LogP contribution in [0.5, 0.6) is 0 Å². The molecule has 0 bridgehead atoms. The fourth-order valence-corrected chi connectivity index (χ4v) is 3.67. The van der Waals surface area contributed by atoms with Crippen molar-refractivity contribution in [3.8, 4) is 0 Å². The van der Waals surface area contributed by atoms with Crippen molar-refractivity contribution < 1.29 is 9.90 Å². The average molecular weight is 273 g/mol. The highest BCUT2D eigenvalue weighted by Gasteiger charge is 2.58. The number of benzene rings is 1. The van der Waals surface area contributed by atoms with Crippen molar-refractivity contribution in [1.82, 2.24) is 4.90 Å². The molecule has 3 heteroatoms. The van der Waals surface area contributed by atoms with Gasteiger partial charge in [0.25, 0.3) is 0 Å². The van der Waals surface area contributed by atoms with Gasteiger partial charge in [-0.3, -0.25) is 9.69 Å². The molecule has 2 fully saturated rings. The monoisotopic (exact) mass is 273 g/mol. The van der Waals surface area contributed by atoms with E-state index in [0.29, 0.717) is 0 Å². The first kappa shape index (κ1) is 13.6. The summed E-state index contributed by atoms with van der Waals surface area (Å²) in [6.45, 7) is 7.38. The molecule has 1 aromatic rings. The molecule has 1 heterocycles. The Balaban J connectivity index is 1.58. The van der Waals surface area contributed by atoms with E-state index < -0.39 is 5.97 Å². The normalized spacial score (nSPS) is 24.8. The molecule has 1 saturated carbocycles. The molecule has 1 aromatic carbocycles. The van der Waals surface area contributed by atoms with Gasteiger partial charge in [-0.25, -0.2) is 0 Å². The van der Waals surface area contributed by atoms with Crippen molar-refractivity contribution in [3.05, 3.63) is 34.9 Å². The van der Waals surface area contributed by atoms with Crippen molar-refractivity contribution in [3.63, 3.8) is 0 Å². The highest BCUT2D eigenvalue weighted by Crippen LogP contribution is 2.59. The number of hydrogen-bond donors (Lipinski definition) is 1. The Morgan fingerprint density at radius 2 is 2.05 bits per heavy atom. The van der Waals surface area contributed by atoms with E-state index in [1.165, 1.54) is 16.7 Å². The highest BCUT2D eigenvalue weighted by molar-refractivity contribution is 5.74. The van der Waals surface area contributed by atoms with Gasteiger partial charge in [-0.2, -0.15) is 0 Å². The maximum atomic E-state index is 11.1. The third-order valence-electron chi connectivity index (χ3n) is 5.23. The number of nitrogens with zero attached hydrogens (tertiary/aromatic N) is 1. The van der Waals surface area contributed by atoms with Crippen LogP contribution in [-0.4, -0.2) is 29.1 Å². The highest BCUT2D eigenvalue weighted by atomic mass is 16.4. The minimum absolute atomic E-state index is 0.0641. The predicted molar refractivity (Wildman–Crippen MR) is 78.6 cm³/mol. The number of piperidine rings is 1. The van der Waals surface area contributed by atoms with E-state index >= 15 is 0 Å². The first-order valence-electron chi connectivity index (χ1n) is 7.51. The lowest BCUT2D eigenvalue weighted by atomic mass is 9.90. The van der Waals surface area contributed by atoms with Crippen molar-refractivity contribution in [2.45, 2.75) is 39.7 Å². The molecule has 0 amide bonds. The number of carbonyl (C=O) groups is 1. The first-order valence-corrected chi connectivity index (χ1v) is 7.51. The molecule has 3 nitrogen and oxygen atoms in total. The van der Waals surface area contributed by atoms with Gasteiger partial charge in [-0.05, 0) is 62.7 Å². The zero-order valence-electron chi connectivity index (χ0n) is 12.4. The Hall–Kier alpha value is -1.35. The fraction of sp³-hybridized carbons (Fsp3) is 0.588. The molecule has 2 aliphatic rings. The number of aryl methyl sites for hydroxylation is 2. The van der Waals surface area contributed by atoms with Crippen LogP contribution in [0.3, 0.4) is 0 Å². The molecule has 108 valence electrons. The first-order chi connectivity index (χ1) is 9.50. The zero-order chi connectivity index (χ0) is 14.3. The Bertz CT molecular complexity index is 530. The fourth-order valence-electron chi connectivity index (χ4n) is 3.67. The summed E-state index contributed by atoms with van der Waals surface area (Å²) in [6, 6.07) is 6.64. The summed E-state index contributed by atoms with van der Waals surface area (Å²) in [5.74, 6) is -0.654. The van der Waals surface area contributed by atoms with Crippen LogP contribution < -0.4 is 0 Å². The van der Waals surface area contributed by atoms with E-state index in [-0.39, 0.29) is 11.3 Å². The second kappa shape index (κ2) is 4.88. The summed E-state index contributed by atoms with van der Waals surface area (Å²) in [7, 11) is 0. The minimum atomic E-state index is -0.590. The smallest absolute Gasteiger partial charge is 0.307 e. The summed E-state index contributed by atoms with van der Waals surface area (Å²) in [5, 5.41) is 9.12. The molecule has 1 N–H and O–H groups in total. The second-order valence-corrected chi connectivity index (χ2v) is 6.66. The largest absolute Gasteiger partial charge is 0.481 e. The van der Waals surface area contributed by atoms with Crippen molar-refractivity contribution in [1.29, 1.82) is 0 Å². The molecule has 1 aliphatic heterocycles. The molecule has 20 heavy (non-hydrogen) atoms. The molecule has 1 aliphatic carbocycles. The van der Waals surface area contributed by atoms with Gasteiger partial charge in [-0.1, -0.05) is 23.8 Å². The maximum Gasteiger partial charge on any atom is 0.307 e. The number of carboxylic acids is 1. The number of carboxylic acid groups (broad SMARTS) is 1. The van der Waals surface area contributed by atoms with Crippen LogP contribution in [0.15, 0.2) is 18.2 Å². The Labute approximate surface area is 120 Å². The molecule has 1 saturated heterocycles. The second-order valence-electron chi connectivity index (χ2n) is 6.66.